The van der Waals surface area contributed by atoms with Crippen LogP contribution in [0.15, 0.2) is 18.2 Å². The van der Waals surface area contributed by atoms with Crippen LogP contribution in [0.5, 0.6) is 0 Å². The number of amides is 1. The third kappa shape index (κ3) is 5.76. The van der Waals surface area contributed by atoms with Crippen LogP contribution in [-0.4, -0.2) is 55.0 Å². The van der Waals surface area contributed by atoms with E-state index in [0.717, 1.165) is 26.2 Å². The van der Waals surface area contributed by atoms with Gasteiger partial charge in [-0.1, -0.05) is 17.7 Å². The first-order chi connectivity index (χ1) is 10.0. The summed E-state index contributed by atoms with van der Waals surface area (Å²) in [6, 6.07) is 4.35. The molecule has 0 aliphatic carbocycles. The molecule has 23 heavy (non-hydrogen) atoms. The summed E-state index contributed by atoms with van der Waals surface area (Å²) in [5.74, 6) is -0.395. The Hall–Kier alpha value is -0.590. The number of hydrogen-bond acceptors (Lipinski definition) is 3. The van der Waals surface area contributed by atoms with Crippen LogP contribution in [0.25, 0.3) is 0 Å². The fraction of sp³-hybridized carbons (Fsp3) is 0.533. The maximum absolute atomic E-state index is 13.8. The van der Waals surface area contributed by atoms with Crippen molar-refractivity contribution in [2.75, 3.05) is 33.2 Å². The number of hydrogen-bond donors (Lipinski definition) is 1. The zero-order chi connectivity index (χ0) is 15.4. The molecule has 0 radical (unpaired) electrons. The van der Waals surface area contributed by atoms with E-state index in [1.165, 1.54) is 11.0 Å². The van der Waals surface area contributed by atoms with Gasteiger partial charge in [-0.3, -0.25) is 9.69 Å². The lowest BCUT2D eigenvalue weighted by Crippen LogP contribution is -2.52. The van der Waals surface area contributed by atoms with Crippen LogP contribution >= 0.6 is 36.4 Å². The van der Waals surface area contributed by atoms with E-state index in [1.807, 2.05) is 6.92 Å². The number of benzene rings is 1. The molecule has 1 atom stereocenters. The summed E-state index contributed by atoms with van der Waals surface area (Å²) in [6.07, 6.45) is 0. The van der Waals surface area contributed by atoms with E-state index < -0.39 is 0 Å². The number of carbonyl (C=O) groups excluding carboxylic acids is 1. The lowest BCUT2D eigenvalue weighted by molar-refractivity contribution is -0.135. The monoisotopic (exact) mass is 385 g/mol. The third-order valence-electron chi connectivity index (χ3n) is 3.89. The normalized spacial score (nSPS) is 16.0. The van der Waals surface area contributed by atoms with Crippen molar-refractivity contribution in [3.05, 3.63) is 34.6 Å². The van der Waals surface area contributed by atoms with E-state index >= 15 is 0 Å². The van der Waals surface area contributed by atoms with Gasteiger partial charge in [0.15, 0.2) is 0 Å². The van der Waals surface area contributed by atoms with Crippen molar-refractivity contribution >= 4 is 42.3 Å². The van der Waals surface area contributed by atoms with Crippen molar-refractivity contribution in [1.29, 1.82) is 0 Å². The van der Waals surface area contributed by atoms with E-state index in [2.05, 4.69) is 10.2 Å². The molecule has 1 aliphatic heterocycles. The Balaban J connectivity index is 0.00000242. The van der Waals surface area contributed by atoms with Gasteiger partial charge in [0.25, 0.3) is 0 Å². The second-order valence-corrected chi connectivity index (χ2v) is 5.76. The van der Waals surface area contributed by atoms with E-state index in [9.17, 15) is 9.18 Å². The van der Waals surface area contributed by atoms with Crippen LogP contribution in [0, 0.1) is 5.82 Å². The summed E-state index contributed by atoms with van der Waals surface area (Å²) in [4.78, 5) is 16.1. The highest BCUT2D eigenvalue weighted by molar-refractivity contribution is 6.31. The van der Waals surface area contributed by atoms with Gasteiger partial charge >= 0.3 is 0 Å². The van der Waals surface area contributed by atoms with Gasteiger partial charge in [-0.25, -0.2) is 4.39 Å². The molecule has 4 nitrogen and oxygen atoms in total. The molecule has 1 aliphatic rings. The second-order valence-electron chi connectivity index (χ2n) is 5.36. The summed E-state index contributed by atoms with van der Waals surface area (Å²) in [5, 5.41) is 3.61. The lowest BCUT2D eigenvalue weighted by Gasteiger charge is -2.34. The van der Waals surface area contributed by atoms with Crippen LogP contribution in [0.1, 0.15) is 12.5 Å². The highest BCUT2D eigenvalue weighted by Crippen LogP contribution is 2.20. The average Bonchev–Trinajstić information content (AvgIpc) is 2.50. The smallest absolute Gasteiger partial charge is 0.239 e. The molecule has 1 aromatic carbocycles. The number of piperazine rings is 1. The van der Waals surface area contributed by atoms with Gasteiger partial charge in [0, 0.05) is 50.4 Å². The zero-order valence-electron chi connectivity index (χ0n) is 13.2. The fourth-order valence-corrected chi connectivity index (χ4v) is 2.77. The van der Waals surface area contributed by atoms with Crippen molar-refractivity contribution < 1.29 is 9.18 Å². The number of nitrogens with one attached hydrogen (secondary N) is 1. The molecule has 0 spiro atoms. The van der Waals surface area contributed by atoms with E-state index in [4.69, 9.17) is 11.6 Å². The summed E-state index contributed by atoms with van der Waals surface area (Å²) in [6.45, 7) is 5.55. The first-order valence-corrected chi connectivity index (χ1v) is 7.51. The topological polar surface area (TPSA) is 35.6 Å². The van der Waals surface area contributed by atoms with Crippen LogP contribution in [0.3, 0.4) is 0 Å². The highest BCUT2D eigenvalue weighted by atomic mass is 35.5. The predicted molar refractivity (Wildman–Crippen MR) is 96.3 cm³/mol. The van der Waals surface area contributed by atoms with E-state index in [0.29, 0.717) is 10.6 Å². The molecule has 2 rings (SSSR count). The summed E-state index contributed by atoms with van der Waals surface area (Å²) >= 11 is 6.01. The molecule has 1 N–H and O–H groups in total. The first-order valence-electron chi connectivity index (χ1n) is 7.13. The average molecular weight is 387 g/mol. The molecular weight excluding hydrogens is 364 g/mol. The first kappa shape index (κ1) is 22.4. The Morgan fingerprint density at radius 3 is 2.57 bits per heavy atom. The third-order valence-corrected chi connectivity index (χ3v) is 4.24. The molecule has 1 saturated heterocycles. The summed E-state index contributed by atoms with van der Waals surface area (Å²) in [5.41, 5.74) is 0.363. The quantitative estimate of drug-likeness (QED) is 0.864. The fourth-order valence-electron chi connectivity index (χ4n) is 2.54. The van der Waals surface area contributed by atoms with Crippen molar-refractivity contribution in [2.24, 2.45) is 0 Å². The minimum atomic E-state index is -0.378. The van der Waals surface area contributed by atoms with Gasteiger partial charge in [0.05, 0.1) is 6.04 Å². The minimum absolute atomic E-state index is 0. The Labute approximate surface area is 154 Å². The molecule has 1 amide bonds. The Morgan fingerprint density at radius 1 is 1.39 bits per heavy atom. The number of halogens is 4. The Bertz CT molecular complexity index is 492. The molecule has 1 aromatic rings. The molecule has 0 saturated carbocycles. The molecule has 0 aromatic heterocycles. The zero-order valence-corrected chi connectivity index (χ0v) is 15.6. The van der Waals surface area contributed by atoms with Crippen molar-refractivity contribution in [1.82, 2.24) is 15.1 Å². The molecule has 1 fully saturated rings. The number of nitrogens with zero attached hydrogens (tertiary/aromatic N) is 2. The molecule has 1 unspecified atom stereocenters. The van der Waals surface area contributed by atoms with Gasteiger partial charge < -0.3 is 10.2 Å². The second kappa shape index (κ2) is 10.3. The Kier molecular flexibility index (Phi) is 10.0. The SMILES string of the molecule is CC(C(=O)N(C)Cc1c(F)cccc1Cl)N1CCNCC1.Cl.Cl. The number of likely N-dealkylation sites (N-methyl/N-ethyl adjacent to an activating group) is 1. The molecule has 132 valence electrons. The summed E-state index contributed by atoms with van der Waals surface area (Å²) < 4.78 is 13.8. The lowest BCUT2D eigenvalue weighted by atomic mass is 10.1. The number of rotatable bonds is 4. The summed E-state index contributed by atoms with van der Waals surface area (Å²) in [7, 11) is 1.68. The Morgan fingerprint density at radius 2 is 2.00 bits per heavy atom. The predicted octanol–water partition coefficient (Wildman–Crippen LogP) is 2.57. The van der Waals surface area contributed by atoms with Gasteiger partial charge in [0.2, 0.25) is 5.91 Å². The maximum atomic E-state index is 13.8. The van der Waals surface area contributed by atoms with Gasteiger partial charge in [-0.05, 0) is 19.1 Å². The highest BCUT2D eigenvalue weighted by Gasteiger charge is 2.26. The van der Waals surface area contributed by atoms with Crippen molar-refractivity contribution in [3.8, 4) is 0 Å². The van der Waals surface area contributed by atoms with Gasteiger partial charge in [-0.2, -0.15) is 0 Å². The maximum Gasteiger partial charge on any atom is 0.239 e. The van der Waals surface area contributed by atoms with E-state index in [1.54, 1.807) is 19.2 Å². The number of carbonyl (C=O) groups is 1. The molecular formula is C15H23Cl3FN3O. The van der Waals surface area contributed by atoms with Gasteiger partial charge in [-0.15, -0.1) is 24.8 Å². The van der Waals surface area contributed by atoms with E-state index in [-0.39, 0.29) is 49.1 Å². The minimum Gasteiger partial charge on any atom is -0.340 e. The van der Waals surface area contributed by atoms with Crippen LogP contribution in [0.4, 0.5) is 4.39 Å². The molecule has 1 heterocycles. The van der Waals surface area contributed by atoms with Crippen molar-refractivity contribution in [2.45, 2.75) is 19.5 Å². The molecule has 8 heteroatoms. The standard InChI is InChI=1S/C15H21ClFN3O.2ClH/c1-11(20-8-6-18-7-9-20)15(21)19(2)10-12-13(16)4-3-5-14(12)17;;/h3-5,11,18H,6-10H2,1-2H3;2*1H. The van der Waals surface area contributed by atoms with Crippen LogP contribution < -0.4 is 5.32 Å². The largest absolute Gasteiger partial charge is 0.340 e. The van der Waals surface area contributed by atoms with Gasteiger partial charge in [0.1, 0.15) is 5.82 Å². The van der Waals surface area contributed by atoms with Crippen LogP contribution in [-0.2, 0) is 11.3 Å². The van der Waals surface area contributed by atoms with Crippen LogP contribution in [0.2, 0.25) is 5.02 Å². The molecule has 0 bridgehead atoms. The van der Waals surface area contributed by atoms with Crippen molar-refractivity contribution in [3.63, 3.8) is 0 Å².